The van der Waals surface area contributed by atoms with Crippen molar-refractivity contribution in [1.29, 1.82) is 0 Å². The highest BCUT2D eigenvalue weighted by Gasteiger charge is 2.34. The minimum atomic E-state index is -0.461. The van der Waals surface area contributed by atoms with Gasteiger partial charge in [-0.1, -0.05) is 12.1 Å². The van der Waals surface area contributed by atoms with Crippen molar-refractivity contribution in [3.05, 3.63) is 30.1 Å². The Morgan fingerprint density at radius 1 is 0.818 bits per heavy atom. The van der Waals surface area contributed by atoms with E-state index < -0.39 is 5.60 Å². The fraction of sp³-hybridized carbons (Fsp3) is 0.542. The van der Waals surface area contributed by atoms with Crippen molar-refractivity contribution < 1.29 is 14.2 Å². The van der Waals surface area contributed by atoms with Crippen LogP contribution in [0.2, 0.25) is 0 Å². The van der Waals surface area contributed by atoms with Gasteiger partial charge in [0.2, 0.25) is 0 Å². The molecule has 9 heteroatoms. The number of benzene rings is 1. The first-order valence-electron chi connectivity index (χ1n) is 11.8. The van der Waals surface area contributed by atoms with Gasteiger partial charge in [0, 0.05) is 44.0 Å². The summed E-state index contributed by atoms with van der Waals surface area (Å²) in [6.07, 6.45) is 0. The Bertz CT molecular complexity index is 1160. The molecule has 33 heavy (non-hydrogen) atoms. The van der Waals surface area contributed by atoms with E-state index in [1.165, 1.54) is 5.69 Å². The Labute approximate surface area is 193 Å². The molecule has 0 spiro atoms. The molecule has 2 fully saturated rings. The van der Waals surface area contributed by atoms with Gasteiger partial charge in [0.1, 0.15) is 11.4 Å². The van der Waals surface area contributed by atoms with Gasteiger partial charge in [-0.25, -0.2) is 15.0 Å². The summed E-state index contributed by atoms with van der Waals surface area (Å²) < 4.78 is 19.4. The lowest BCUT2D eigenvalue weighted by Crippen LogP contribution is -2.37. The van der Waals surface area contributed by atoms with Gasteiger partial charge in [-0.05, 0) is 26.0 Å². The van der Waals surface area contributed by atoms with Crippen molar-refractivity contribution in [3.63, 3.8) is 0 Å². The maximum atomic E-state index is 6.02. The number of fused-ring (bicyclic) bond motifs is 3. The topological polar surface area (TPSA) is 77.8 Å². The minimum absolute atomic E-state index is 0.461. The highest BCUT2D eigenvalue weighted by Crippen LogP contribution is 2.35. The van der Waals surface area contributed by atoms with Crippen LogP contribution in [-0.4, -0.2) is 78.7 Å². The third-order valence-electron chi connectivity index (χ3n) is 6.68. The second kappa shape index (κ2) is 8.23. The van der Waals surface area contributed by atoms with Crippen LogP contribution >= 0.6 is 0 Å². The fourth-order valence-corrected chi connectivity index (χ4v) is 4.90. The molecule has 0 N–H and O–H groups in total. The normalized spacial score (nSPS) is 20.8. The van der Waals surface area contributed by atoms with Gasteiger partial charge >= 0.3 is 0 Å². The van der Waals surface area contributed by atoms with Crippen LogP contribution in [0.25, 0.3) is 22.6 Å². The summed E-state index contributed by atoms with van der Waals surface area (Å²) in [6.45, 7) is 11.8. The summed E-state index contributed by atoms with van der Waals surface area (Å²) in [5.41, 5.74) is 3.45. The zero-order valence-corrected chi connectivity index (χ0v) is 19.3. The fourth-order valence-electron chi connectivity index (χ4n) is 4.90. The van der Waals surface area contributed by atoms with Gasteiger partial charge in [-0.15, -0.1) is 0 Å². The number of anilines is 2. The van der Waals surface area contributed by atoms with E-state index >= 15 is 0 Å². The quantitative estimate of drug-likeness (QED) is 0.602. The van der Waals surface area contributed by atoms with E-state index in [9.17, 15) is 0 Å². The molecule has 9 nitrogen and oxygen atoms in total. The number of aromatic nitrogens is 4. The first kappa shape index (κ1) is 20.8. The van der Waals surface area contributed by atoms with Crippen LogP contribution in [-0.2, 0) is 26.4 Å². The van der Waals surface area contributed by atoms with Crippen LogP contribution in [0.3, 0.4) is 0 Å². The summed E-state index contributed by atoms with van der Waals surface area (Å²) in [5.74, 6) is 2.52. The summed E-state index contributed by atoms with van der Waals surface area (Å²) in [4.78, 5) is 19.8. The molecule has 5 heterocycles. The summed E-state index contributed by atoms with van der Waals surface area (Å²) in [5, 5.41) is 0. The third-order valence-corrected chi connectivity index (χ3v) is 6.68. The van der Waals surface area contributed by atoms with Gasteiger partial charge in [0.05, 0.1) is 33.0 Å². The molecule has 0 atom stereocenters. The van der Waals surface area contributed by atoms with Crippen LogP contribution in [0, 0.1) is 0 Å². The summed E-state index contributed by atoms with van der Waals surface area (Å²) in [7, 11) is 0. The predicted molar refractivity (Wildman–Crippen MR) is 126 cm³/mol. The predicted octanol–water partition coefficient (Wildman–Crippen LogP) is 2.43. The van der Waals surface area contributed by atoms with Crippen molar-refractivity contribution in [1.82, 2.24) is 19.5 Å². The highest BCUT2D eigenvalue weighted by atomic mass is 16.5. The zero-order valence-electron chi connectivity index (χ0n) is 19.3. The Balaban J connectivity index is 1.50. The monoisotopic (exact) mass is 450 g/mol. The molecule has 0 bridgehead atoms. The van der Waals surface area contributed by atoms with Gasteiger partial charge in [0.15, 0.2) is 22.8 Å². The molecule has 3 aliphatic rings. The van der Waals surface area contributed by atoms with Crippen molar-refractivity contribution in [2.24, 2.45) is 0 Å². The number of morpholine rings is 2. The second-order valence-electron chi connectivity index (χ2n) is 9.24. The van der Waals surface area contributed by atoms with Crippen LogP contribution in [0.1, 0.15) is 19.7 Å². The maximum Gasteiger partial charge on any atom is 0.166 e. The Kier molecular flexibility index (Phi) is 5.20. The molecule has 3 aromatic rings. The van der Waals surface area contributed by atoms with E-state index in [1.807, 2.05) is 0 Å². The first-order valence-corrected chi connectivity index (χ1v) is 11.8. The molecule has 0 unspecified atom stereocenters. The SMILES string of the molecule is CC1(C)OCCn2c1nc1c(N3CCOCC3)nc(-c3cccc(N4CCOCC4)c3)nc12. The van der Waals surface area contributed by atoms with Gasteiger partial charge < -0.3 is 28.6 Å². The number of rotatable bonds is 3. The van der Waals surface area contributed by atoms with E-state index in [4.69, 9.17) is 29.2 Å². The van der Waals surface area contributed by atoms with Gasteiger partial charge in [0.25, 0.3) is 0 Å². The van der Waals surface area contributed by atoms with Crippen molar-refractivity contribution in [3.8, 4) is 11.4 Å². The van der Waals surface area contributed by atoms with Crippen molar-refractivity contribution in [2.45, 2.75) is 26.0 Å². The second-order valence-corrected chi connectivity index (χ2v) is 9.24. The van der Waals surface area contributed by atoms with Crippen molar-refractivity contribution in [2.75, 3.05) is 69.0 Å². The molecule has 0 saturated carbocycles. The molecule has 6 rings (SSSR count). The molecule has 0 aliphatic carbocycles. The van der Waals surface area contributed by atoms with Crippen LogP contribution in [0.4, 0.5) is 11.5 Å². The lowest BCUT2D eigenvalue weighted by Gasteiger charge is -2.30. The molecule has 2 saturated heterocycles. The number of nitrogens with zero attached hydrogens (tertiary/aromatic N) is 6. The molecule has 0 amide bonds. The summed E-state index contributed by atoms with van der Waals surface area (Å²) >= 11 is 0. The van der Waals surface area contributed by atoms with E-state index in [0.717, 1.165) is 80.1 Å². The third kappa shape index (κ3) is 3.74. The molecule has 174 valence electrons. The zero-order chi connectivity index (χ0) is 22.4. The standard InChI is InChI=1S/C24H30N6O3/c1-24(2)23-25-19-21(29-8-13-32-14-9-29)26-20(27-22(19)30(23)10-15-33-24)17-4-3-5-18(16-17)28-6-11-31-12-7-28/h3-5,16H,6-15H2,1-2H3. The van der Waals surface area contributed by atoms with Gasteiger partial charge in [-0.2, -0.15) is 0 Å². The molecule has 2 aromatic heterocycles. The van der Waals surface area contributed by atoms with E-state index in [2.05, 4.69) is 52.5 Å². The van der Waals surface area contributed by atoms with Crippen LogP contribution in [0.5, 0.6) is 0 Å². The maximum absolute atomic E-state index is 6.02. The average Bonchev–Trinajstić information content (AvgIpc) is 3.25. The first-order chi connectivity index (χ1) is 16.1. The largest absolute Gasteiger partial charge is 0.378 e. The molecule has 0 radical (unpaired) electrons. The molecular weight excluding hydrogens is 420 g/mol. The minimum Gasteiger partial charge on any atom is -0.378 e. The van der Waals surface area contributed by atoms with E-state index in [0.29, 0.717) is 19.8 Å². The number of ether oxygens (including phenoxy) is 3. The molecular formula is C24H30N6O3. The molecule has 3 aliphatic heterocycles. The van der Waals surface area contributed by atoms with E-state index in [1.54, 1.807) is 0 Å². The number of hydrogen-bond donors (Lipinski definition) is 0. The number of imidazole rings is 1. The molecule has 1 aromatic carbocycles. The lowest BCUT2D eigenvalue weighted by molar-refractivity contribution is -0.0530. The van der Waals surface area contributed by atoms with E-state index in [-0.39, 0.29) is 0 Å². The Hall–Kier alpha value is -2.75. The highest BCUT2D eigenvalue weighted by molar-refractivity contribution is 5.87. The average molecular weight is 451 g/mol. The van der Waals surface area contributed by atoms with Crippen molar-refractivity contribution >= 4 is 22.7 Å². The Morgan fingerprint density at radius 2 is 1.55 bits per heavy atom. The Morgan fingerprint density at radius 3 is 2.30 bits per heavy atom. The van der Waals surface area contributed by atoms with Crippen LogP contribution < -0.4 is 9.80 Å². The van der Waals surface area contributed by atoms with Gasteiger partial charge in [-0.3, -0.25) is 0 Å². The lowest BCUT2D eigenvalue weighted by atomic mass is 10.1. The summed E-state index contributed by atoms with van der Waals surface area (Å²) in [6, 6.07) is 8.52. The smallest absolute Gasteiger partial charge is 0.166 e. The number of hydrogen-bond acceptors (Lipinski definition) is 8. The van der Waals surface area contributed by atoms with Crippen LogP contribution in [0.15, 0.2) is 24.3 Å².